The van der Waals surface area contributed by atoms with Gasteiger partial charge in [0.15, 0.2) is 11.6 Å². The van der Waals surface area contributed by atoms with Crippen LogP contribution in [0.5, 0.6) is 11.6 Å². The van der Waals surface area contributed by atoms with Crippen LogP contribution in [0.4, 0.5) is 0 Å². The van der Waals surface area contributed by atoms with E-state index in [0.717, 1.165) is 11.3 Å². The molecule has 0 saturated heterocycles. The standard InChI is InChI=1S/C24H24ClN5O4/c1-24(2,32)12-30-10-18(20(31)14-6-13-7-15(25)4-5-19(13)34-11-14)16-8-26-21(28-22(16)30)17-9-27-29-23(17)33-3/h4-5,7-10,14,32H,6,11-12H2,1-3H3,(H,27,29). The molecule has 1 atom stereocenters. The van der Waals surface area contributed by atoms with Crippen molar-refractivity contribution in [2.45, 2.75) is 32.4 Å². The van der Waals surface area contributed by atoms with Crippen molar-refractivity contribution in [3.8, 4) is 23.0 Å². The van der Waals surface area contributed by atoms with Gasteiger partial charge in [0.25, 0.3) is 0 Å². The number of methoxy groups -OCH3 is 1. The van der Waals surface area contributed by atoms with Crippen LogP contribution in [0.25, 0.3) is 22.4 Å². The summed E-state index contributed by atoms with van der Waals surface area (Å²) in [6.45, 7) is 3.93. The van der Waals surface area contributed by atoms with E-state index in [4.69, 9.17) is 26.1 Å². The number of benzene rings is 1. The van der Waals surface area contributed by atoms with Crippen molar-refractivity contribution in [1.82, 2.24) is 24.7 Å². The first-order valence-electron chi connectivity index (χ1n) is 10.8. The number of carbonyl (C=O) groups excluding carboxylic acids is 1. The number of carbonyl (C=O) groups is 1. The zero-order chi connectivity index (χ0) is 24.0. The van der Waals surface area contributed by atoms with Crippen molar-refractivity contribution >= 4 is 28.4 Å². The largest absolute Gasteiger partial charge is 0.493 e. The Kier molecular flexibility index (Phi) is 5.53. The molecule has 0 saturated carbocycles. The minimum Gasteiger partial charge on any atom is -0.493 e. The van der Waals surface area contributed by atoms with Gasteiger partial charge in [-0.3, -0.25) is 4.79 Å². The van der Waals surface area contributed by atoms with Crippen molar-refractivity contribution in [2.75, 3.05) is 13.7 Å². The molecule has 9 nitrogen and oxygen atoms in total. The van der Waals surface area contributed by atoms with Crippen LogP contribution in [0.3, 0.4) is 0 Å². The number of H-pyrrole nitrogens is 1. The molecule has 0 amide bonds. The van der Waals surface area contributed by atoms with E-state index in [-0.39, 0.29) is 24.9 Å². The Morgan fingerprint density at radius 3 is 2.97 bits per heavy atom. The number of ketones is 1. The van der Waals surface area contributed by atoms with Crippen LogP contribution < -0.4 is 9.47 Å². The van der Waals surface area contributed by atoms with Crippen molar-refractivity contribution in [1.29, 1.82) is 0 Å². The molecule has 3 aromatic heterocycles. The molecule has 1 aliphatic heterocycles. The van der Waals surface area contributed by atoms with Crippen LogP contribution in [-0.2, 0) is 13.0 Å². The molecule has 4 heterocycles. The van der Waals surface area contributed by atoms with Crippen molar-refractivity contribution < 1.29 is 19.4 Å². The molecule has 2 N–H and O–H groups in total. The maximum Gasteiger partial charge on any atom is 0.220 e. The summed E-state index contributed by atoms with van der Waals surface area (Å²) in [6.07, 6.45) is 5.48. The van der Waals surface area contributed by atoms with Gasteiger partial charge in [-0.25, -0.2) is 15.1 Å². The van der Waals surface area contributed by atoms with Gasteiger partial charge < -0.3 is 19.1 Å². The first-order chi connectivity index (χ1) is 16.2. The molecular weight excluding hydrogens is 458 g/mol. The first kappa shape index (κ1) is 22.4. The second-order valence-corrected chi connectivity index (χ2v) is 9.50. The second kappa shape index (κ2) is 8.41. The van der Waals surface area contributed by atoms with E-state index in [1.165, 1.54) is 7.11 Å². The summed E-state index contributed by atoms with van der Waals surface area (Å²) in [7, 11) is 1.53. The highest BCUT2D eigenvalue weighted by molar-refractivity contribution is 6.30. The van der Waals surface area contributed by atoms with Crippen LogP contribution in [0.1, 0.15) is 29.8 Å². The number of hydrogen-bond acceptors (Lipinski definition) is 7. The normalized spacial score (nSPS) is 15.7. The molecule has 1 unspecified atom stereocenters. The highest BCUT2D eigenvalue weighted by Gasteiger charge is 2.30. The zero-order valence-electron chi connectivity index (χ0n) is 19.0. The van der Waals surface area contributed by atoms with Gasteiger partial charge in [0, 0.05) is 28.4 Å². The fourth-order valence-corrected chi connectivity index (χ4v) is 4.47. The first-order valence-corrected chi connectivity index (χ1v) is 11.2. The molecule has 0 fully saturated rings. The number of Topliss-reactive ketones (excluding diaryl/α,β-unsaturated/α-hetero) is 1. The number of ether oxygens (including phenoxy) is 2. The smallest absolute Gasteiger partial charge is 0.220 e. The number of fused-ring (bicyclic) bond motifs is 2. The predicted molar refractivity (Wildman–Crippen MR) is 126 cm³/mol. The molecule has 1 aromatic carbocycles. The fraction of sp³-hybridized carbons (Fsp3) is 0.333. The van der Waals surface area contributed by atoms with Gasteiger partial charge in [0.2, 0.25) is 5.88 Å². The predicted octanol–water partition coefficient (Wildman–Crippen LogP) is 3.69. The maximum atomic E-state index is 13.6. The van der Waals surface area contributed by atoms with Crippen molar-refractivity contribution in [3.05, 3.63) is 52.9 Å². The number of nitrogens with zero attached hydrogens (tertiary/aromatic N) is 4. The monoisotopic (exact) mass is 481 g/mol. The van der Waals surface area contributed by atoms with Gasteiger partial charge in [-0.05, 0) is 44.0 Å². The Morgan fingerprint density at radius 2 is 2.21 bits per heavy atom. The molecule has 5 rings (SSSR count). The average Bonchev–Trinajstić information content (AvgIpc) is 3.41. The third kappa shape index (κ3) is 4.12. The number of aliphatic hydroxyl groups is 1. The van der Waals surface area contributed by atoms with Crippen molar-refractivity contribution in [3.63, 3.8) is 0 Å². The van der Waals surface area contributed by atoms with Crippen LogP contribution in [0, 0.1) is 5.92 Å². The van der Waals surface area contributed by atoms with Gasteiger partial charge in [-0.1, -0.05) is 11.6 Å². The number of rotatable bonds is 6. The summed E-state index contributed by atoms with van der Waals surface area (Å²) in [5, 5.41) is 18.4. The highest BCUT2D eigenvalue weighted by Crippen LogP contribution is 2.33. The molecule has 0 aliphatic carbocycles. The van der Waals surface area contributed by atoms with Gasteiger partial charge in [0.1, 0.15) is 17.0 Å². The summed E-state index contributed by atoms with van der Waals surface area (Å²) >= 11 is 6.14. The van der Waals surface area contributed by atoms with Crippen LogP contribution in [-0.4, -0.2) is 54.9 Å². The van der Waals surface area contributed by atoms with E-state index in [1.807, 2.05) is 12.1 Å². The van der Waals surface area contributed by atoms with E-state index in [0.29, 0.717) is 45.3 Å². The van der Waals surface area contributed by atoms with E-state index < -0.39 is 5.60 Å². The molecule has 4 aromatic rings. The highest BCUT2D eigenvalue weighted by atomic mass is 35.5. The average molecular weight is 482 g/mol. The van der Waals surface area contributed by atoms with Crippen LogP contribution in [0.2, 0.25) is 5.02 Å². The summed E-state index contributed by atoms with van der Waals surface area (Å²) in [6, 6.07) is 5.44. The van der Waals surface area contributed by atoms with Crippen molar-refractivity contribution in [2.24, 2.45) is 5.92 Å². The molecule has 176 valence electrons. The molecule has 0 bridgehead atoms. The lowest BCUT2D eigenvalue weighted by molar-refractivity contribution is 0.0624. The number of halogens is 1. The summed E-state index contributed by atoms with van der Waals surface area (Å²) in [5.74, 6) is 1.15. The molecular formula is C24H24ClN5O4. The Bertz CT molecular complexity index is 1390. The SMILES string of the molecule is COc1[nH]ncc1-c1ncc2c(C(=O)C3COc4ccc(Cl)cc4C3)cn(CC(C)(C)O)c2n1. The minimum atomic E-state index is -1.02. The number of hydrogen-bond donors (Lipinski definition) is 2. The molecule has 34 heavy (non-hydrogen) atoms. The maximum absolute atomic E-state index is 13.6. The molecule has 10 heteroatoms. The number of aromatic nitrogens is 5. The topological polar surface area (TPSA) is 115 Å². The Labute approximate surface area is 200 Å². The molecule has 0 radical (unpaired) electrons. The second-order valence-electron chi connectivity index (χ2n) is 9.06. The van der Waals surface area contributed by atoms with E-state index >= 15 is 0 Å². The fourth-order valence-electron chi connectivity index (χ4n) is 4.27. The van der Waals surface area contributed by atoms with E-state index in [2.05, 4.69) is 15.2 Å². The molecule has 1 aliphatic rings. The van der Waals surface area contributed by atoms with Crippen LogP contribution in [0.15, 0.2) is 36.8 Å². The van der Waals surface area contributed by atoms with E-state index in [9.17, 15) is 9.90 Å². The molecule has 0 spiro atoms. The minimum absolute atomic E-state index is 0.0673. The number of aromatic amines is 1. The third-order valence-corrected chi connectivity index (χ3v) is 6.02. The Morgan fingerprint density at radius 1 is 1.38 bits per heavy atom. The van der Waals surface area contributed by atoms with Crippen LogP contribution >= 0.6 is 11.6 Å². The lowest BCUT2D eigenvalue weighted by Gasteiger charge is -2.24. The summed E-state index contributed by atoms with van der Waals surface area (Å²) in [5.41, 5.74) is 1.52. The lowest BCUT2D eigenvalue weighted by Crippen LogP contribution is -2.28. The van der Waals surface area contributed by atoms with E-state index in [1.54, 1.807) is 43.1 Å². The van der Waals surface area contributed by atoms with Gasteiger partial charge in [0.05, 0.1) is 38.0 Å². The van der Waals surface area contributed by atoms with Gasteiger partial charge in [-0.15, -0.1) is 0 Å². The summed E-state index contributed by atoms with van der Waals surface area (Å²) < 4.78 is 12.9. The van der Waals surface area contributed by atoms with Gasteiger partial charge >= 0.3 is 0 Å². The van der Waals surface area contributed by atoms with Gasteiger partial charge in [-0.2, -0.15) is 5.10 Å². The lowest BCUT2D eigenvalue weighted by atomic mass is 9.90. The third-order valence-electron chi connectivity index (χ3n) is 5.79. The Hall–Kier alpha value is -3.43. The number of nitrogens with one attached hydrogen (secondary N) is 1. The summed E-state index contributed by atoms with van der Waals surface area (Å²) in [4.78, 5) is 22.8. The Balaban J connectivity index is 1.56. The zero-order valence-corrected chi connectivity index (χ0v) is 19.8. The quantitative estimate of drug-likeness (QED) is 0.403.